The molecule has 1 aromatic heterocycles. The maximum absolute atomic E-state index is 13.1. The van der Waals surface area contributed by atoms with Crippen molar-refractivity contribution in [3.05, 3.63) is 57.0 Å². The molecule has 2 aliphatic heterocycles. The van der Waals surface area contributed by atoms with Gasteiger partial charge in [0.1, 0.15) is 11.5 Å². The molecule has 2 fully saturated rings. The van der Waals surface area contributed by atoms with Gasteiger partial charge < -0.3 is 9.80 Å². The van der Waals surface area contributed by atoms with Crippen molar-refractivity contribution >= 4 is 23.3 Å². The minimum Gasteiger partial charge on any atom is -0.371 e. The number of nitro groups is 1. The zero-order valence-electron chi connectivity index (χ0n) is 18.4. The second-order valence-corrected chi connectivity index (χ2v) is 8.43. The highest BCUT2D eigenvalue weighted by atomic mass is 19.4. The molecule has 4 rings (SSSR count). The molecule has 0 atom stereocenters. The molecule has 0 amide bonds. The van der Waals surface area contributed by atoms with Gasteiger partial charge >= 0.3 is 11.9 Å². The molecule has 0 radical (unpaired) electrons. The molecule has 2 aliphatic rings. The van der Waals surface area contributed by atoms with E-state index in [4.69, 9.17) is 0 Å². The number of piperidine rings is 1. The zero-order chi connectivity index (χ0) is 23.6. The Labute approximate surface area is 190 Å². The van der Waals surface area contributed by atoms with Crippen LogP contribution in [0.4, 0.5) is 24.7 Å². The van der Waals surface area contributed by atoms with Crippen LogP contribution in [-0.4, -0.2) is 46.0 Å². The largest absolute Gasteiger partial charge is 0.416 e. The van der Waals surface area contributed by atoms with Crippen LogP contribution >= 0.6 is 0 Å². The number of likely N-dealkylation sites (tertiary alicyclic amines) is 1. The second-order valence-electron chi connectivity index (χ2n) is 8.43. The summed E-state index contributed by atoms with van der Waals surface area (Å²) < 4.78 is 39.2. The number of aryl methyl sites for hydroxylation is 1. The van der Waals surface area contributed by atoms with E-state index in [1.807, 2.05) is 9.80 Å². The predicted molar refractivity (Wildman–Crippen MR) is 120 cm³/mol. The number of alkyl halides is 3. The van der Waals surface area contributed by atoms with Crippen LogP contribution in [0.25, 0.3) is 11.8 Å². The lowest BCUT2D eigenvalue weighted by Gasteiger charge is -2.28. The highest BCUT2D eigenvalue weighted by Gasteiger charge is 2.31. The maximum atomic E-state index is 13.1. The van der Waals surface area contributed by atoms with E-state index in [0.29, 0.717) is 36.0 Å². The molecule has 33 heavy (non-hydrogen) atoms. The lowest BCUT2D eigenvalue weighted by molar-refractivity contribution is -0.384. The van der Waals surface area contributed by atoms with Crippen LogP contribution in [0.1, 0.15) is 54.7 Å². The molecule has 1 aromatic carbocycles. The Morgan fingerprint density at radius 1 is 1.00 bits per heavy atom. The van der Waals surface area contributed by atoms with E-state index in [9.17, 15) is 23.3 Å². The van der Waals surface area contributed by atoms with Crippen LogP contribution in [0.3, 0.4) is 0 Å². The van der Waals surface area contributed by atoms with Crippen LogP contribution < -0.4 is 4.90 Å². The summed E-state index contributed by atoms with van der Waals surface area (Å²) in [6, 6.07) is 4.91. The highest BCUT2D eigenvalue weighted by Crippen LogP contribution is 2.36. The summed E-state index contributed by atoms with van der Waals surface area (Å²) >= 11 is 0. The van der Waals surface area contributed by atoms with E-state index in [2.05, 4.69) is 9.97 Å². The molecule has 7 nitrogen and oxygen atoms in total. The van der Waals surface area contributed by atoms with E-state index in [0.717, 1.165) is 57.3 Å². The Kier molecular flexibility index (Phi) is 6.53. The Morgan fingerprint density at radius 3 is 2.18 bits per heavy atom. The molecule has 3 heterocycles. The summed E-state index contributed by atoms with van der Waals surface area (Å²) in [7, 11) is 0. The summed E-state index contributed by atoms with van der Waals surface area (Å²) in [5.41, 5.74) is 0.478. The molecular weight excluding hydrogens is 435 g/mol. The number of hydrogen-bond donors (Lipinski definition) is 0. The third-order valence-electron chi connectivity index (χ3n) is 6.07. The van der Waals surface area contributed by atoms with Gasteiger partial charge in [0.25, 0.3) is 0 Å². The summed E-state index contributed by atoms with van der Waals surface area (Å²) in [6.07, 6.45) is 2.06. The quantitative estimate of drug-likeness (QED) is 0.445. The van der Waals surface area contributed by atoms with Gasteiger partial charge in [0.15, 0.2) is 0 Å². The molecule has 2 aromatic rings. The van der Waals surface area contributed by atoms with E-state index in [-0.39, 0.29) is 11.4 Å². The van der Waals surface area contributed by atoms with Gasteiger partial charge in [-0.15, -0.1) is 0 Å². The highest BCUT2D eigenvalue weighted by molar-refractivity contribution is 5.84. The first-order chi connectivity index (χ1) is 15.7. The van der Waals surface area contributed by atoms with Crippen LogP contribution in [0.15, 0.2) is 24.3 Å². The van der Waals surface area contributed by atoms with E-state index >= 15 is 0 Å². The minimum atomic E-state index is -4.43. The van der Waals surface area contributed by atoms with Crippen molar-refractivity contribution in [3.8, 4) is 0 Å². The fourth-order valence-corrected chi connectivity index (χ4v) is 4.45. The monoisotopic (exact) mass is 461 g/mol. The number of nitrogens with zero attached hydrogens (tertiary/aromatic N) is 5. The average molecular weight is 461 g/mol. The van der Waals surface area contributed by atoms with Crippen LogP contribution in [0, 0.1) is 17.0 Å². The maximum Gasteiger partial charge on any atom is 0.416 e. The fraction of sp³-hybridized carbons (Fsp3) is 0.478. The predicted octanol–water partition coefficient (Wildman–Crippen LogP) is 5.30. The first-order valence-corrected chi connectivity index (χ1v) is 11.2. The van der Waals surface area contributed by atoms with Crippen molar-refractivity contribution in [1.29, 1.82) is 0 Å². The SMILES string of the molecule is Cc1nc(/C=C(/c2ccc(C(F)(F)F)cc2)N2CCCC2)c([N+](=O)[O-])c(N2CCCCC2)n1. The van der Waals surface area contributed by atoms with Gasteiger partial charge in [-0.3, -0.25) is 10.1 Å². The Morgan fingerprint density at radius 2 is 1.61 bits per heavy atom. The van der Waals surface area contributed by atoms with Gasteiger partial charge in [-0.25, -0.2) is 9.97 Å². The van der Waals surface area contributed by atoms with Crippen molar-refractivity contribution in [2.45, 2.75) is 45.2 Å². The van der Waals surface area contributed by atoms with Crippen LogP contribution in [0.5, 0.6) is 0 Å². The summed E-state index contributed by atoms with van der Waals surface area (Å²) in [6.45, 7) is 4.53. The van der Waals surface area contributed by atoms with E-state index in [1.165, 1.54) is 12.1 Å². The van der Waals surface area contributed by atoms with Crippen molar-refractivity contribution in [2.75, 3.05) is 31.1 Å². The molecule has 0 N–H and O–H groups in total. The Bertz CT molecular complexity index is 1040. The second kappa shape index (κ2) is 9.36. The molecular formula is C23H26F3N5O2. The van der Waals surface area contributed by atoms with Gasteiger partial charge in [0, 0.05) is 31.9 Å². The number of rotatable bonds is 5. The van der Waals surface area contributed by atoms with Gasteiger partial charge in [-0.05, 0) is 62.8 Å². The van der Waals surface area contributed by atoms with Crippen molar-refractivity contribution in [1.82, 2.24) is 14.9 Å². The topological polar surface area (TPSA) is 75.4 Å². The molecule has 176 valence electrons. The van der Waals surface area contributed by atoms with Crippen molar-refractivity contribution < 1.29 is 18.1 Å². The lowest BCUT2D eigenvalue weighted by atomic mass is 10.1. The molecule has 0 saturated carbocycles. The van der Waals surface area contributed by atoms with Gasteiger partial charge in [0.05, 0.1) is 10.5 Å². The molecule has 0 unspecified atom stereocenters. The standard InChI is InChI=1S/C23H26F3N5O2/c1-16-27-19(21(31(32)33)22(28-16)30-13-3-2-4-14-30)15-20(29-11-5-6-12-29)17-7-9-18(10-8-17)23(24,25)26/h7-10,15H,2-6,11-14H2,1H3/b20-15-. The molecule has 2 saturated heterocycles. The van der Waals surface area contributed by atoms with E-state index < -0.39 is 16.7 Å². The van der Waals surface area contributed by atoms with Gasteiger partial charge in [-0.2, -0.15) is 13.2 Å². The number of anilines is 1. The smallest absolute Gasteiger partial charge is 0.371 e. The van der Waals surface area contributed by atoms with Gasteiger partial charge in [-0.1, -0.05) is 12.1 Å². The van der Waals surface area contributed by atoms with E-state index in [1.54, 1.807) is 13.0 Å². The normalized spacial score (nSPS) is 17.5. The van der Waals surface area contributed by atoms with Crippen molar-refractivity contribution in [2.24, 2.45) is 0 Å². The number of hydrogen-bond acceptors (Lipinski definition) is 6. The third kappa shape index (κ3) is 5.09. The third-order valence-corrected chi connectivity index (χ3v) is 6.07. The first kappa shape index (κ1) is 23.0. The van der Waals surface area contributed by atoms with Crippen LogP contribution in [-0.2, 0) is 6.18 Å². The molecule has 10 heteroatoms. The number of aromatic nitrogens is 2. The minimum absolute atomic E-state index is 0.161. The fourth-order valence-electron chi connectivity index (χ4n) is 4.45. The summed E-state index contributed by atoms with van der Waals surface area (Å²) in [5, 5.41) is 12.1. The Hall–Kier alpha value is -3.17. The summed E-state index contributed by atoms with van der Waals surface area (Å²) in [4.78, 5) is 24.4. The molecule has 0 bridgehead atoms. The van der Waals surface area contributed by atoms with Gasteiger partial charge in [0.2, 0.25) is 5.82 Å². The molecule has 0 spiro atoms. The average Bonchev–Trinajstić information content (AvgIpc) is 3.31. The first-order valence-electron chi connectivity index (χ1n) is 11.2. The zero-order valence-corrected chi connectivity index (χ0v) is 18.4. The number of halogens is 3. The lowest BCUT2D eigenvalue weighted by Crippen LogP contribution is -2.31. The molecule has 0 aliphatic carbocycles. The number of benzene rings is 1. The van der Waals surface area contributed by atoms with Crippen LogP contribution in [0.2, 0.25) is 0 Å². The van der Waals surface area contributed by atoms with Crippen molar-refractivity contribution in [3.63, 3.8) is 0 Å². The Balaban J connectivity index is 1.83. The summed E-state index contributed by atoms with van der Waals surface area (Å²) in [5.74, 6) is 0.729.